The molecule has 0 aromatic heterocycles. The van der Waals surface area contributed by atoms with E-state index < -0.39 is 9.84 Å². The van der Waals surface area contributed by atoms with Gasteiger partial charge in [-0.15, -0.1) is 0 Å². The Morgan fingerprint density at radius 2 is 1.77 bits per heavy atom. The molecule has 0 N–H and O–H groups in total. The van der Waals surface area contributed by atoms with Crippen LogP contribution in [0.15, 0.2) is 0 Å². The lowest BCUT2D eigenvalue weighted by Crippen LogP contribution is -2.60. The number of ether oxygens (including phenoxy) is 1. The fourth-order valence-electron chi connectivity index (χ4n) is 3.30. The Balaban J connectivity index is 2.05. The van der Waals surface area contributed by atoms with E-state index in [0.29, 0.717) is 13.2 Å². The lowest BCUT2D eigenvalue weighted by Gasteiger charge is -2.43. The normalized spacial score (nSPS) is 28.5. The number of nitrogens with zero attached hydrogens (tertiary/aromatic N) is 3. The van der Waals surface area contributed by atoms with Crippen molar-refractivity contribution in [3.8, 4) is 0 Å². The van der Waals surface area contributed by atoms with E-state index in [1.165, 1.54) is 0 Å². The zero-order valence-corrected chi connectivity index (χ0v) is 14.5. The Morgan fingerprint density at radius 3 is 2.36 bits per heavy atom. The number of methoxy groups -OCH3 is 1. The van der Waals surface area contributed by atoms with Crippen molar-refractivity contribution < 1.29 is 17.9 Å². The molecule has 0 unspecified atom stereocenters. The Kier molecular flexibility index (Phi) is 5.81. The minimum atomic E-state index is -3.02. The highest BCUT2D eigenvalue weighted by molar-refractivity contribution is 7.91. The highest BCUT2D eigenvalue weighted by atomic mass is 32.2. The van der Waals surface area contributed by atoms with Crippen molar-refractivity contribution in [1.29, 1.82) is 0 Å². The number of hydrogen-bond acceptors (Lipinski definition) is 6. The molecule has 0 aliphatic carbocycles. The third kappa shape index (κ3) is 4.18. The van der Waals surface area contributed by atoms with Gasteiger partial charge in [0.25, 0.3) is 0 Å². The number of rotatable bonds is 6. The summed E-state index contributed by atoms with van der Waals surface area (Å²) in [6, 6.07) is -0.0595. The van der Waals surface area contributed by atoms with Crippen molar-refractivity contribution >= 4 is 15.7 Å². The Hall–Kier alpha value is -0.700. The van der Waals surface area contributed by atoms with Gasteiger partial charge in [0.1, 0.15) is 0 Å². The number of fused-ring (bicyclic) bond motifs is 1. The Morgan fingerprint density at radius 1 is 1.18 bits per heavy atom. The van der Waals surface area contributed by atoms with Crippen LogP contribution < -0.4 is 0 Å². The molecule has 128 valence electrons. The molecule has 7 nitrogen and oxygen atoms in total. The van der Waals surface area contributed by atoms with Gasteiger partial charge in [0, 0.05) is 59.5 Å². The van der Waals surface area contributed by atoms with E-state index in [4.69, 9.17) is 4.74 Å². The summed E-state index contributed by atoms with van der Waals surface area (Å²) in [5.74, 6) is 0.395. The lowest BCUT2D eigenvalue weighted by molar-refractivity contribution is -0.131. The van der Waals surface area contributed by atoms with Crippen LogP contribution in [-0.4, -0.2) is 107 Å². The second kappa shape index (κ2) is 7.25. The van der Waals surface area contributed by atoms with Crippen LogP contribution in [0, 0.1) is 0 Å². The maximum Gasteiger partial charge on any atom is 0.236 e. The molecule has 0 aromatic rings. The van der Waals surface area contributed by atoms with E-state index in [2.05, 4.69) is 4.90 Å². The van der Waals surface area contributed by atoms with Crippen molar-refractivity contribution in [1.82, 2.24) is 14.7 Å². The highest BCUT2D eigenvalue weighted by Gasteiger charge is 2.46. The summed E-state index contributed by atoms with van der Waals surface area (Å²) < 4.78 is 29.2. The molecule has 0 radical (unpaired) electrons. The molecule has 2 rings (SSSR count). The van der Waals surface area contributed by atoms with Gasteiger partial charge in [0.05, 0.1) is 18.1 Å². The van der Waals surface area contributed by atoms with Gasteiger partial charge in [-0.2, -0.15) is 0 Å². The lowest BCUT2D eigenvalue weighted by atomic mass is 10.0. The van der Waals surface area contributed by atoms with Gasteiger partial charge in [-0.05, 0) is 6.42 Å². The topological polar surface area (TPSA) is 70.2 Å². The van der Waals surface area contributed by atoms with Gasteiger partial charge >= 0.3 is 0 Å². The molecule has 0 spiro atoms. The zero-order valence-electron chi connectivity index (χ0n) is 13.7. The van der Waals surface area contributed by atoms with E-state index in [1.54, 1.807) is 26.1 Å². The van der Waals surface area contributed by atoms with Crippen LogP contribution in [0.5, 0.6) is 0 Å². The van der Waals surface area contributed by atoms with Gasteiger partial charge in [0.15, 0.2) is 9.84 Å². The number of likely N-dealkylation sites (N-methyl/N-ethyl adjacent to an activating group) is 1. The molecule has 2 saturated heterocycles. The molecule has 2 fully saturated rings. The molecular weight excluding hydrogens is 306 g/mol. The maximum atomic E-state index is 12.1. The van der Waals surface area contributed by atoms with Crippen LogP contribution in [0.4, 0.5) is 0 Å². The summed E-state index contributed by atoms with van der Waals surface area (Å²) in [6.45, 7) is 3.38. The monoisotopic (exact) mass is 333 g/mol. The van der Waals surface area contributed by atoms with Gasteiger partial charge in [-0.25, -0.2) is 8.42 Å². The minimum absolute atomic E-state index is 0.00516. The number of piperazine rings is 1. The van der Waals surface area contributed by atoms with Crippen LogP contribution in [0.25, 0.3) is 0 Å². The van der Waals surface area contributed by atoms with Crippen LogP contribution in [-0.2, 0) is 19.4 Å². The van der Waals surface area contributed by atoms with E-state index in [0.717, 1.165) is 26.1 Å². The zero-order chi connectivity index (χ0) is 16.3. The van der Waals surface area contributed by atoms with Crippen molar-refractivity contribution in [2.24, 2.45) is 0 Å². The number of carbonyl (C=O) groups excluding carboxylic acids is 1. The molecule has 2 atom stereocenters. The van der Waals surface area contributed by atoms with Crippen LogP contribution in [0.3, 0.4) is 0 Å². The van der Waals surface area contributed by atoms with Crippen molar-refractivity contribution in [2.75, 3.05) is 65.5 Å². The number of sulfone groups is 1. The van der Waals surface area contributed by atoms with E-state index in [9.17, 15) is 13.2 Å². The van der Waals surface area contributed by atoms with Crippen molar-refractivity contribution in [3.05, 3.63) is 0 Å². The molecular formula is C14H27N3O4S. The summed E-state index contributed by atoms with van der Waals surface area (Å²) in [5, 5.41) is 0. The average Bonchev–Trinajstić information content (AvgIpc) is 2.76. The quantitative estimate of drug-likeness (QED) is 0.575. The summed E-state index contributed by atoms with van der Waals surface area (Å²) in [6.07, 6.45) is 0.899. The molecule has 0 bridgehead atoms. The van der Waals surface area contributed by atoms with E-state index in [1.807, 2.05) is 4.90 Å². The second-order valence-electron chi connectivity index (χ2n) is 6.35. The SMILES string of the molecule is COCCCN1CCN(CC(=O)N(C)C)[C@H]2CS(=O)(=O)C[C@H]21. The summed E-state index contributed by atoms with van der Waals surface area (Å²) in [4.78, 5) is 17.8. The second-order valence-corrected chi connectivity index (χ2v) is 8.51. The van der Waals surface area contributed by atoms with E-state index in [-0.39, 0.29) is 29.5 Å². The molecule has 0 saturated carbocycles. The summed E-state index contributed by atoms with van der Waals surface area (Å²) in [7, 11) is 2.11. The Labute approximate surface area is 133 Å². The first-order valence-corrected chi connectivity index (χ1v) is 9.54. The fraction of sp³-hybridized carbons (Fsp3) is 0.929. The average molecular weight is 333 g/mol. The first-order chi connectivity index (χ1) is 10.3. The third-order valence-electron chi connectivity index (χ3n) is 4.54. The molecule has 1 amide bonds. The molecule has 0 aromatic carbocycles. The maximum absolute atomic E-state index is 12.1. The predicted molar refractivity (Wildman–Crippen MR) is 84.6 cm³/mol. The Bertz CT molecular complexity index is 494. The van der Waals surface area contributed by atoms with Crippen molar-refractivity contribution in [2.45, 2.75) is 18.5 Å². The van der Waals surface area contributed by atoms with Crippen LogP contribution in [0.2, 0.25) is 0 Å². The summed E-state index contributed by atoms with van der Waals surface area (Å²) in [5.41, 5.74) is 0. The number of amides is 1. The number of carbonyl (C=O) groups is 1. The van der Waals surface area contributed by atoms with Gasteiger partial charge < -0.3 is 9.64 Å². The number of hydrogen-bond donors (Lipinski definition) is 0. The fourth-order valence-corrected chi connectivity index (χ4v) is 5.34. The smallest absolute Gasteiger partial charge is 0.236 e. The first kappa shape index (κ1) is 17.7. The standard InChI is InChI=1S/C14H27N3O4S/c1-15(2)14(18)9-17-7-6-16(5-4-8-21-3)12-10-22(19,20)11-13(12)17/h12-13H,4-11H2,1-3H3/t12-,13+/m1/s1. The first-order valence-electron chi connectivity index (χ1n) is 7.71. The largest absolute Gasteiger partial charge is 0.385 e. The molecule has 2 heterocycles. The van der Waals surface area contributed by atoms with E-state index >= 15 is 0 Å². The highest BCUT2D eigenvalue weighted by Crippen LogP contribution is 2.27. The molecule has 2 aliphatic rings. The van der Waals surface area contributed by atoms with Gasteiger partial charge in [-0.3, -0.25) is 14.6 Å². The van der Waals surface area contributed by atoms with Crippen molar-refractivity contribution in [3.63, 3.8) is 0 Å². The van der Waals surface area contributed by atoms with Gasteiger partial charge in [0.2, 0.25) is 5.91 Å². The third-order valence-corrected chi connectivity index (χ3v) is 6.24. The molecule has 22 heavy (non-hydrogen) atoms. The molecule has 2 aliphatic heterocycles. The van der Waals surface area contributed by atoms with Crippen LogP contribution >= 0.6 is 0 Å². The minimum Gasteiger partial charge on any atom is -0.385 e. The van der Waals surface area contributed by atoms with Crippen LogP contribution in [0.1, 0.15) is 6.42 Å². The predicted octanol–water partition coefficient (Wildman–Crippen LogP) is -1.11. The summed E-state index contributed by atoms with van der Waals surface area (Å²) >= 11 is 0. The molecule has 8 heteroatoms. The van der Waals surface area contributed by atoms with Gasteiger partial charge in [-0.1, -0.05) is 0 Å².